The number of benzene rings is 2. The lowest BCUT2D eigenvalue weighted by Gasteiger charge is -2.32. The third-order valence-electron chi connectivity index (χ3n) is 4.82. The van der Waals surface area contributed by atoms with Crippen molar-refractivity contribution in [3.05, 3.63) is 70.7 Å². The van der Waals surface area contributed by atoms with E-state index >= 15 is 0 Å². The van der Waals surface area contributed by atoms with E-state index in [2.05, 4.69) is 5.32 Å². The van der Waals surface area contributed by atoms with Gasteiger partial charge >= 0.3 is 0 Å². The normalized spacial score (nSPS) is 18.0. The van der Waals surface area contributed by atoms with Crippen molar-refractivity contribution in [1.29, 1.82) is 0 Å². The van der Waals surface area contributed by atoms with Crippen molar-refractivity contribution in [2.75, 3.05) is 13.1 Å². The van der Waals surface area contributed by atoms with Gasteiger partial charge in [0.15, 0.2) is 0 Å². The number of nitrogens with two attached hydrogens (primary N) is 1. The van der Waals surface area contributed by atoms with Gasteiger partial charge in [0.05, 0.1) is 23.0 Å². The topological polar surface area (TPSA) is 75.4 Å². The summed E-state index contributed by atoms with van der Waals surface area (Å²) in [4.78, 5) is 27.3. The number of hydrogen-bond acceptors (Lipinski definition) is 3. The van der Waals surface area contributed by atoms with Crippen molar-refractivity contribution in [2.45, 2.75) is 31.3 Å². The van der Waals surface area contributed by atoms with Gasteiger partial charge in [-0.05, 0) is 30.5 Å². The number of amides is 2. The van der Waals surface area contributed by atoms with E-state index in [-0.39, 0.29) is 24.3 Å². The first-order valence-corrected chi connectivity index (χ1v) is 9.56. The SMILES string of the molecule is NC1CCCN(C(=O)CC(NC(=O)c2ccccc2Cl)c2ccccc2)C1. The number of hydrogen-bond donors (Lipinski definition) is 2. The van der Waals surface area contributed by atoms with E-state index in [1.54, 1.807) is 29.2 Å². The van der Waals surface area contributed by atoms with Crippen LogP contribution in [-0.4, -0.2) is 35.8 Å². The fourth-order valence-electron chi connectivity index (χ4n) is 3.36. The average Bonchev–Trinajstić information content (AvgIpc) is 2.68. The summed E-state index contributed by atoms with van der Waals surface area (Å²) in [5.41, 5.74) is 7.28. The molecule has 1 aliphatic rings. The number of nitrogens with one attached hydrogen (secondary N) is 1. The first-order chi connectivity index (χ1) is 13.0. The van der Waals surface area contributed by atoms with Crippen LogP contribution in [0, 0.1) is 0 Å². The number of carbonyl (C=O) groups excluding carboxylic acids is 2. The van der Waals surface area contributed by atoms with E-state index in [4.69, 9.17) is 17.3 Å². The molecule has 2 atom stereocenters. The van der Waals surface area contributed by atoms with Gasteiger partial charge < -0.3 is 16.0 Å². The second-order valence-corrected chi connectivity index (χ2v) is 7.27. The Morgan fingerprint density at radius 1 is 1.15 bits per heavy atom. The third kappa shape index (κ3) is 5.08. The van der Waals surface area contributed by atoms with Gasteiger partial charge in [-0.15, -0.1) is 0 Å². The van der Waals surface area contributed by atoms with Crippen LogP contribution in [0.15, 0.2) is 54.6 Å². The van der Waals surface area contributed by atoms with Crippen LogP contribution in [0.1, 0.15) is 41.2 Å². The molecule has 1 heterocycles. The molecular weight excluding hydrogens is 362 g/mol. The minimum atomic E-state index is -0.430. The van der Waals surface area contributed by atoms with Gasteiger partial charge in [-0.25, -0.2) is 0 Å². The summed E-state index contributed by atoms with van der Waals surface area (Å²) in [5.74, 6) is -0.295. The van der Waals surface area contributed by atoms with Crippen molar-refractivity contribution in [3.8, 4) is 0 Å². The highest BCUT2D eigenvalue weighted by molar-refractivity contribution is 6.33. The van der Waals surface area contributed by atoms with Gasteiger partial charge in [0, 0.05) is 19.1 Å². The summed E-state index contributed by atoms with van der Waals surface area (Å²) in [6.45, 7) is 1.28. The largest absolute Gasteiger partial charge is 0.345 e. The molecule has 2 unspecified atom stereocenters. The summed E-state index contributed by atoms with van der Waals surface area (Å²) in [7, 11) is 0. The molecule has 1 saturated heterocycles. The maximum Gasteiger partial charge on any atom is 0.253 e. The van der Waals surface area contributed by atoms with Gasteiger partial charge in [0.25, 0.3) is 5.91 Å². The quantitative estimate of drug-likeness (QED) is 0.830. The summed E-state index contributed by atoms with van der Waals surface area (Å²) in [6.07, 6.45) is 2.04. The van der Waals surface area contributed by atoms with E-state index in [1.165, 1.54) is 0 Å². The molecule has 27 heavy (non-hydrogen) atoms. The molecule has 0 bridgehead atoms. The van der Waals surface area contributed by atoms with Crippen LogP contribution in [0.4, 0.5) is 0 Å². The van der Waals surface area contributed by atoms with Crippen LogP contribution in [0.3, 0.4) is 0 Å². The molecule has 3 rings (SSSR count). The molecule has 0 aliphatic carbocycles. The molecule has 3 N–H and O–H groups in total. The minimum Gasteiger partial charge on any atom is -0.345 e. The predicted molar refractivity (Wildman–Crippen MR) is 107 cm³/mol. The average molecular weight is 386 g/mol. The van der Waals surface area contributed by atoms with Crippen LogP contribution in [0.2, 0.25) is 5.02 Å². The number of likely N-dealkylation sites (tertiary alicyclic amines) is 1. The molecule has 0 aromatic heterocycles. The van der Waals surface area contributed by atoms with Gasteiger partial charge in [-0.3, -0.25) is 9.59 Å². The molecular formula is C21H24ClN3O2. The Kier molecular flexibility index (Phi) is 6.48. The van der Waals surface area contributed by atoms with Gasteiger partial charge in [-0.2, -0.15) is 0 Å². The molecule has 1 fully saturated rings. The second kappa shape index (κ2) is 9.02. The Balaban J connectivity index is 1.76. The van der Waals surface area contributed by atoms with Crippen LogP contribution >= 0.6 is 11.6 Å². The molecule has 0 radical (unpaired) electrons. The van der Waals surface area contributed by atoms with Gasteiger partial charge in [0.2, 0.25) is 5.91 Å². The Bertz CT molecular complexity index is 797. The maximum atomic E-state index is 12.8. The van der Waals surface area contributed by atoms with Crippen LogP contribution < -0.4 is 11.1 Å². The van der Waals surface area contributed by atoms with Crippen molar-refractivity contribution in [2.24, 2.45) is 5.73 Å². The minimum absolute atomic E-state index is 0.00142. The number of rotatable bonds is 5. The Labute approximate surface area is 164 Å². The van der Waals surface area contributed by atoms with Crippen molar-refractivity contribution < 1.29 is 9.59 Å². The zero-order valence-electron chi connectivity index (χ0n) is 15.1. The Morgan fingerprint density at radius 3 is 2.56 bits per heavy atom. The molecule has 0 saturated carbocycles. The smallest absolute Gasteiger partial charge is 0.253 e. The Hall–Kier alpha value is -2.37. The zero-order valence-corrected chi connectivity index (χ0v) is 15.9. The first kappa shape index (κ1) is 19.4. The van der Waals surface area contributed by atoms with Gasteiger partial charge in [-0.1, -0.05) is 54.1 Å². The lowest BCUT2D eigenvalue weighted by molar-refractivity contribution is -0.132. The number of carbonyl (C=O) groups is 2. The van der Waals surface area contributed by atoms with Crippen LogP contribution in [-0.2, 0) is 4.79 Å². The third-order valence-corrected chi connectivity index (χ3v) is 5.14. The fraction of sp³-hybridized carbons (Fsp3) is 0.333. The number of halogens is 1. The standard InChI is InChI=1S/C21H24ClN3O2/c22-18-11-5-4-10-17(18)21(27)24-19(15-7-2-1-3-8-15)13-20(26)25-12-6-9-16(23)14-25/h1-5,7-8,10-11,16,19H,6,9,12-14,23H2,(H,24,27). The molecule has 6 heteroatoms. The van der Waals surface area contributed by atoms with Gasteiger partial charge in [0.1, 0.15) is 0 Å². The van der Waals surface area contributed by atoms with Crippen molar-refractivity contribution in [1.82, 2.24) is 10.2 Å². The summed E-state index contributed by atoms with van der Waals surface area (Å²) >= 11 is 6.14. The zero-order chi connectivity index (χ0) is 19.2. The van der Waals surface area contributed by atoms with Crippen LogP contribution in [0.5, 0.6) is 0 Å². The van der Waals surface area contributed by atoms with E-state index in [0.29, 0.717) is 23.7 Å². The highest BCUT2D eigenvalue weighted by Gasteiger charge is 2.26. The number of nitrogens with zero attached hydrogens (tertiary/aromatic N) is 1. The lowest BCUT2D eigenvalue weighted by Crippen LogP contribution is -2.46. The maximum absolute atomic E-state index is 12.8. The second-order valence-electron chi connectivity index (χ2n) is 6.86. The molecule has 2 amide bonds. The number of piperidine rings is 1. The molecule has 0 spiro atoms. The highest BCUT2D eigenvalue weighted by atomic mass is 35.5. The van der Waals surface area contributed by atoms with E-state index < -0.39 is 6.04 Å². The fourth-order valence-corrected chi connectivity index (χ4v) is 3.58. The summed E-state index contributed by atoms with van der Waals surface area (Å²) in [6, 6.07) is 16.0. The molecule has 2 aromatic rings. The predicted octanol–water partition coefficient (Wildman–Crippen LogP) is 3.15. The van der Waals surface area contributed by atoms with Crippen LogP contribution in [0.25, 0.3) is 0 Å². The molecule has 5 nitrogen and oxygen atoms in total. The van der Waals surface area contributed by atoms with Crippen molar-refractivity contribution >= 4 is 23.4 Å². The van der Waals surface area contributed by atoms with E-state index in [1.807, 2.05) is 30.3 Å². The monoisotopic (exact) mass is 385 g/mol. The molecule has 2 aromatic carbocycles. The van der Waals surface area contributed by atoms with E-state index in [0.717, 1.165) is 18.4 Å². The summed E-state index contributed by atoms with van der Waals surface area (Å²) in [5, 5.41) is 3.35. The first-order valence-electron chi connectivity index (χ1n) is 9.18. The summed E-state index contributed by atoms with van der Waals surface area (Å²) < 4.78 is 0. The molecule has 1 aliphatic heterocycles. The lowest BCUT2D eigenvalue weighted by atomic mass is 10.0. The van der Waals surface area contributed by atoms with E-state index in [9.17, 15) is 9.59 Å². The molecule has 142 valence electrons. The van der Waals surface area contributed by atoms with Crippen molar-refractivity contribution in [3.63, 3.8) is 0 Å². The Morgan fingerprint density at radius 2 is 1.85 bits per heavy atom. The highest BCUT2D eigenvalue weighted by Crippen LogP contribution is 2.22.